The molecule has 1 heterocycles. The molecule has 0 aliphatic carbocycles. The van der Waals surface area contributed by atoms with Gasteiger partial charge in [-0.3, -0.25) is 9.59 Å². The Labute approximate surface area is 154 Å². The van der Waals surface area contributed by atoms with E-state index in [2.05, 4.69) is 4.98 Å². The first-order valence-corrected chi connectivity index (χ1v) is 8.87. The topological polar surface area (TPSA) is 78.6 Å². The molecule has 0 amide bonds. The Morgan fingerprint density at radius 3 is 2.73 bits per heavy atom. The molecule has 0 bridgehead atoms. The summed E-state index contributed by atoms with van der Waals surface area (Å²) in [4.78, 5) is 27.8. The lowest BCUT2D eigenvalue weighted by molar-refractivity contribution is -0.141. The molecule has 26 heavy (non-hydrogen) atoms. The van der Waals surface area contributed by atoms with E-state index < -0.39 is 5.97 Å². The third-order valence-electron chi connectivity index (χ3n) is 3.66. The number of hydrogen-bond donors (Lipinski definition) is 0. The summed E-state index contributed by atoms with van der Waals surface area (Å²) in [5, 5.41) is 0.416. The van der Waals surface area contributed by atoms with Crippen molar-refractivity contribution in [1.82, 2.24) is 4.98 Å². The average Bonchev–Trinajstić information content (AvgIpc) is 3.07. The Morgan fingerprint density at radius 1 is 1.19 bits per heavy atom. The molecule has 6 nitrogen and oxygen atoms in total. The van der Waals surface area contributed by atoms with Gasteiger partial charge in [-0.25, -0.2) is 4.98 Å². The van der Waals surface area contributed by atoms with Crippen LogP contribution < -0.4 is 4.74 Å². The number of rotatable bonds is 7. The molecular formula is C19H17NO5S. The van der Waals surface area contributed by atoms with Crippen LogP contribution in [0.1, 0.15) is 22.8 Å². The highest BCUT2D eigenvalue weighted by molar-refractivity contribution is 7.99. The minimum Gasteiger partial charge on any atom is -0.496 e. The third-order valence-corrected chi connectivity index (χ3v) is 4.46. The molecule has 0 saturated heterocycles. The summed E-state index contributed by atoms with van der Waals surface area (Å²) in [6.07, 6.45) is 0. The molecule has 0 spiro atoms. The van der Waals surface area contributed by atoms with Crippen LogP contribution >= 0.6 is 11.8 Å². The number of methoxy groups -OCH3 is 1. The van der Waals surface area contributed by atoms with Crippen molar-refractivity contribution in [2.75, 3.05) is 12.9 Å². The summed E-state index contributed by atoms with van der Waals surface area (Å²) in [5.41, 5.74) is 2.60. The molecule has 0 fully saturated rings. The number of esters is 1. The average molecular weight is 371 g/mol. The Morgan fingerprint density at radius 2 is 2.00 bits per heavy atom. The molecule has 0 aliphatic rings. The summed E-state index contributed by atoms with van der Waals surface area (Å²) >= 11 is 1.17. The zero-order valence-electron chi connectivity index (χ0n) is 14.4. The van der Waals surface area contributed by atoms with Crippen LogP contribution in [0.2, 0.25) is 0 Å². The predicted octanol–water partition coefficient (Wildman–Crippen LogP) is 3.87. The van der Waals surface area contributed by atoms with Crippen LogP contribution in [-0.2, 0) is 16.1 Å². The molecule has 3 aromatic rings. The van der Waals surface area contributed by atoms with Gasteiger partial charge in [-0.1, -0.05) is 23.9 Å². The maximum atomic E-state index is 12.0. The van der Waals surface area contributed by atoms with Gasteiger partial charge in [-0.15, -0.1) is 0 Å². The number of aromatic nitrogens is 1. The van der Waals surface area contributed by atoms with Gasteiger partial charge in [-0.05, 0) is 37.3 Å². The zero-order chi connectivity index (χ0) is 18.5. The van der Waals surface area contributed by atoms with Crippen molar-refractivity contribution < 1.29 is 23.5 Å². The number of thioether (sulfide) groups is 1. The Balaban J connectivity index is 1.58. The molecule has 0 N–H and O–H groups in total. The fraction of sp³-hybridized carbons (Fsp3) is 0.211. The van der Waals surface area contributed by atoms with Crippen molar-refractivity contribution in [2.24, 2.45) is 0 Å². The highest BCUT2D eigenvalue weighted by Gasteiger charge is 2.12. The van der Waals surface area contributed by atoms with Gasteiger partial charge in [0.15, 0.2) is 11.4 Å². The summed E-state index contributed by atoms with van der Waals surface area (Å²) < 4.78 is 16.1. The van der Waals surface area contributed by atoms with E-state index in [1.165, 1.54) is 25.8 Å². The zero-order valence-corrected chi connectivity index (χ0v) is 15.2. The van der Waals surface area contributed by atoms with Gasteiger partial charge in [0.05, 0.1) is 7.11 Å². The molecule has 7 heteroatoms. The van der Waals surface area contributed by atoms with E-state index in [0.717, 1.165) is 5.52 Å². The molecule has 0 radical (unpaired) electrons. The van der Waals surface area contributed by atoms with E-state index in [9.17, 15) is 9.59 Å². The lowest BCUT2D eigenvalue weighted by atomic mass is 10.1. The van der Waals surface area contributed by atoms with Crippen LogP contribution in [0.25, 0.3) is 11.1 Å². The number of ketones is 1. The van der Waals surface area contributed by atoms with E-state index in [4.69, 9.17) is 13.9 Å². The number of carbonyl (C=O) groups is 2. The molecular weight excluding hydrogens is 354 g/mol. The lowest BCUT2D eigenvalue weighted by Crippen LogP contribution is -2.08. The predicted molar refractivity (Wildman–Crippen MR) is 97.5 cm³/mol. The summed E-state index contributed by atoms with van der Waals surface area (Å²) in [6, 6.07) is 12.4. The molecule has 2 aromatic carbocycles. The van der Waals surface area contributed by atoms with Crippen molar-refractivity contribution in [3.8, 4) is 5.75 Å². The van der Waals surface area contributed by atoms with Gasteiger partial charge in [0.1, 0.15) is 23.6 Å². The van der Waals surface area contributed by atoms with Gasteiger partial charge in [0.2, 0.25) is 0 Å². The van der Waals surface area contributed by atoms with E-state index in [0.29, 0.717) is 27.7 Å². The summed E-state index contributed by atoms with van der Waals surface area (Å²) in [6.45, 7) is 1.51. The van der Waals surface area contributed by atoms with E-state index in [1.807, 2.05) is 24.3 Å². The minimum absolute atomic E-state index is 0.0250. The van der Waals surface area contributed by atoms with E-state index in [-0.39, 0.29) is 18.1 Å². The van der Waals surface area contributed by atoms with Gasteiger partial charge >= 0.3 is 5.97 Å². The normalized spacial score (nSPS) is 10.7. The first-order valence-electron chi connectivity index (χ1n) is 7.88. The van der Waals surface area contributed by atoms with Gasteiger partial charge in [0, 0.05) is 11.1 Å². The number of oxazole rings is 1. The van der Waals surface area contributed by atoms with Gasteiger partial charge in [-0.2, -0.15) is 0 Å². The standard InChI is InChI=1S/C19H17NO5S/c1-12(21)13-7-8-16(23-2)14(9-13)10-24-18(22)11-26-19-20-15-5-3-4-6-17(15)25-19/h3-9H,10-11H2,1-2H3. The summed E-state index contributed by atoms with van der Waals surface area (Å²) in [5.74, 6) is 0.162. The highest BCUT2D eigenvalue weighted by atomic mass is 32.2. The van der Waals surface area contributed by atoms with Crippen LogP contribution in [0.3, 0.4) is 0 Å². The maximum Gasteiger partial charge on any atom is 0.316 e. The highest BCUT2D eigenvalue weighted by Crippen LogP contribution is 2.24. The molecule has 0 atom stereocenters. The largest absolute Gasteiger partial charge is 0.496 e. The van der Waals surface area contributed by atoms with Crippen molar-refractivity contribution in [3.63, 3.8) is 0 Å². The fourth-order valence-electron chi connectivity index (χ4n) is 2.34. The van der Waals surface area contributed by atoms with Crippen molar-refractivity contribution >= 4 is 34.6 Å². The number of Topliss-reactive ketones (excluding diaryl/α,β-unsaturated/α-hetero) is 1. The SMILES string of the molecule is COc1ccc(C(C)=O)cc1COC(=O)CSc1nc2ccccc2o1. The second-order valence-electron chi connectivity index (χ2n) is 5.48. The number of ether oxygens (including phenoxy) is 2. The third kappa shape index (κ3) is 4.23. The molecule has 0 unspecified atom stereocenters. The molecule has 134 valence electrons. The van der Waals surface area contributed by atoms with Crippen molar-refractivity contribution in [1.29, 1.82) is 0 Å². The second kappa shape index (κ2) is 8.05. The first kappa shape index (κ1) is 18.0. The monoisotopic (exact) mass is 371 g/mol. The lowest BCUT2D eigenvalue weighted by Gasteiger charge is -2.10. The number of carbonyl (C=O) groups excluding carboxylic acids is 2. The maximum absolute atomic E-state index is 12.0. The minimum atomic E-state index is -0.410. The van der Waals surface area contributed by atoms with Crippen molar-refractivity contribution in [3.05, 3.63) is 53.6 Å². The van der Waals surface area contributed by atoms with E-state index >= 15 is 0 Å². The number of fused-ring (bicyclic) bond motifs is 1. The van der Waals surface area contributed by atoms with E-state index in [1.54, 1.807) is 18.2 Å². The van der Waals surface area contributed by atoms with Crippen LogP contribution in [0.4, 0.5) is 0 Å². The smallest absolute Gasteiger partial charge is 0.316 e. The van der Waals surface area contributed by atoms with Crippen molar-refractivity contribution in [2.45, 2.75) is 18.8 Å². The number of nitrogens with zero attached hydrogens (tertiary/aromatic N) is 1. The number of hydrogen-bond acceptors (Lipinski definition) is 7. The number of para-hydroxylation sites is 2. The summed E-state index contributed by atoms with van der Waals surface area (Å²) in [7, 11) is 1.52. The van der Waals surface area contributed by atoms with Crippen LogP contribution in [-0.4, -0.2) is 29.6 Å². The van der Waals surface area contributed by atoms with Gasteiger partial charge < -0.3 is 13.9 Å². The van der Waals surface area contributed by atoms with Gasteiger partial charge in [0.25, 0.3) is 5.22 Å². The molecule has 0 aliphatic heterocycles. The molecule has 0 saturated carbocycles. The Hall–Kier alpha value is -2.80. The van der Waals surface area contributed by atoms with Crippen LogP contribution in [0, 0.1) is 0 Å². The molecule has 1 aromatic heterocycles. The van der Waals surface area contributed by atoms with Crippen LogP contribution in [0.15, 0.2) is 52.1 Å². The quantitative estimate of drug-likeness (QED) is 0.354. The molecule has 3 rings (SSSR count). The Kier molecular flexibility index (Phi) is 5.58. The number of benzene rings is 2. The first-order chi connectivity index (χ1) is 12.6. The second-order valence-corrected chi connectivity index (χ2v) is 6.41. The fourth-order valence-corrected chi connectivity index (χ4v) is 2.98. The van der Waals surface area contributed by atoms with Crippen LogP contribution in [0.5, 0.6) is 5.75 Å². The Bertz CT molecular complexity index is 917.